The average molecular weight is 427 g/mol. The number of aliphatic hydroxyl groups is 1. The van der Waals surface area contributed by atoms with Crippen molar-refractivity contribution >= 4 is 11.0 Å². The van der Waals surface area contributed by atoms with Crippen molar-refractivity contribution in [1.29, 1.82) is 0 Å². The summed E-state index contributed by atoms with van der Waals surface area (Å²) in [5.74, 6) is 1.99. The van der Waals surface area contributed by atoms with Crippen LogP contribution in [0.1, 0.15) is 16.7 Å². The lowest BCUT2D eigenvalue weighted by atomic mass is 10.1. The lowest BCUT2D eigenvalue weighted by Crippen LogP contribution is -2.32. The SMILES string of the molecule is COc1ccc(CCNCC(O)COc2ccc3c(C)cc(=O)oc3c2C)cc1OC. The zero-order chi connectivity index (χ0) is 22.4. The van der Waals surface area contributed by atoms with Crippen LogP contribution >= 0.6 is 0 Å². The van der Waals surface area contributed by atoms with Crippen molar-refractivity contribution in [1.82, 2.24) is 5.32 Å². The molecule has 0 saturated carbocycles. The van der Waals surface area contributed by atoms with Crippen LogP contribution in [0.3, 0.4) is 0 Å². The Balaban J connectivity index is 1.49. The third-order valence-electron chi connectivity index (χ3n) is 5.17. The molecule has 1 unspecified atom stereocenters. The Morgan fingerprint density at radius 2 is 1.77 bits per heavy atom. The number of nitrogens with one attached hydrogen (secondary N) is 1. The van der Waals surface area contributed by atoms with Crippen LogP contribution in [0.2, 0.25) is 0 Å². The highest BCUT2D eigenvalue weighted by molar-refractivity contribution is 5.84. The van der Waals surface area contributed by atoms with E-state index >= 15 is 0 Å². The summed E-state index contributed by atoms with van der Waals surface area (Å²) in [6.07, 6.45) is 0.112. The van der Waals surface area contributed by atoms with Gasteiger partial charge in [0, 0.05) is 23.6 Å². The minimum atomic E-state index is -0.676. The largest absolute Gasteiger partial charge is 0.493 e. The molecule has 2 aromatic carbocycles. The number of aryl methyl sites for hydroxylation is 2. The van der Waals surface area contributed by atoms with E-state index in [0.717, 1.165) is 28.5 Å². The van der Waals surface area contributed by atoms with Gasteiger partial charge in [-0.2, -0.15) is 0 Å². The normalized spacial score (nSPS) is 12.0. The second kappa shape index (κ2) is 10.3. The highest BCUT2D eigenvalue weighted by Gasteiger charge is 2.12. The van der Waals surface area contributed by atoms with Gasteiger partial charge in [0.05, 0.1) is 14.2 Å². The maximum atomic E-state index is 11.7. The number of rotatable bonds is 10. The van der Waals surface area contributed by atoms with Crippen LogP contribution in [-0.2, 0) is 6.42 Å². The van der Waals surface area contributed by atoms with E-state index in [4.69, 9.17) is 18.6 Å². The monoisotopic (exact) mass is 427 g/mol. The first-order chi connectivity index (χ1) is 14.9. The molecule has 0 saturated heterocycles. The van der Waals surface area contributed by atoms with Gasteiger partial charge >= 0.3 is 5.63 Å². The summed E-state index contributed by atoms with van der Waals surface area (Å²) in [6, 6.07) is 11.0. The van der Waals surface area contributed by atoms with E-state index in [1.807, 2.05) is 44.2 Å². The molecular formula is C24H29NO6. The molecule has 0 aliphatic rings. The van der Waals surface area contributed by atoms with Crippen molar-refractivity contribution in [3.05, 3.63) is 63.5 Å². The van der Waals surface area contributed by atoms with Gasteiger partial charge in [0.1, 0.15) is 24.0 Å². The summed E-state index contributed by atoms with van der Waals surface area (Å²) in [5, 5.41) is 14.4. The van der Waals surface area contributed by atoms with Gasteiger partial charge in [-0.3, -0.25) is 0 Å². The van der Waals surface area contributed by atoms with E-state index in [1.54, 1.807) is 14.2 Å². The maximum Gasteiger partial charge on any atom is 0.336 e. The second-order valence-corrected chi connectivity index (χ2v) is 7.42. The molecule has 0 radical (unpaired) electrons. The molecular weight excluding hydrogens is 398 g/mol. The van der Waals surface area contributed by atoms with Crippen LogP contribution in [0.15, 0.2) is 45.6 Å². The first-order valence-corrected chi connectivity index (χ1v) is 10.2. The van der Waals surface area contributed by atoms with Gasteiger partial charge in [-0.1, -0.05) is 6.07 Å². The van der Waals surface area contributed by atoms with Crippen LogP contribution in [0.5, 0.6) is 17.2 Å². The minimum Gasteiger partial charge on any atom is -0.493 e. The number of hydrogen-bond donors (Lipinski definition) is 2. The summed E-state index contributed by atoms with van der Waals surface area (Å²) < 4.78 is 21.7. The van der Waals surface area contributed by atoms with E-state index < -0.39 is 6.10 Å². The summed E-state index contributed by atoms with van der Waals surface area (Å²) in [4.78, 5) is 11.7. The molecule has 1 aromatic heterocycles. The molecule has 2 N–H and O–H groups in total. The third-order valence-corrected chi connectivity index (χ3v) is 5.17. The van der Waals surface area contributed by atoms with Gasteiger partial charge in [0.15, 0.2) is 11.5 Å². The Hall–Kier alpha value is -3.03. The predicted octanol–water partition coefficient (Wildman–Crippen LogP) is 3.00. The van der Waals surface area contributed by atoms with E-state index in [2.05, 4.69) is 5.32 Å². The topological polar surface area (TPSA) is 90.2 Å². The molecule has 1 heterocycles. The summed E-state index contributed by atoms with van der Waals surface area (Å²) in [5.41, 5.74) is 2.85. The zero-order valence-corrected chi connectivity index (χ0v) is 18.4. The van der Waals surface area contributed by atoms with Gasteiger partial charge in [0.25, 0.3) is 0 Å². The van der Waals surface area contributed by atoms with E-state index in [-0.39, 0.29) is 12.2 Å². The summed E-state index contributed by atoms with van der Waals surface area (Å²) in [6.45, 7) is 4.94. The van der Waals surface area contributed by atoms with Crippen molar-refractivity contribution in [2.75, 3.05) is 33.9 Å². The molecule has 1 atom stereocenters. The first-order valence-electron chi connectivity index (χ1n) is 10.2. The summed E-state index contributed by atoms with van der Waals surface area (Å²) in [7, 11) is 3.22. The first kappa shape index (κ1) is 22.7. The van der Waals surface area contributed by atoms with Gasteiger partial charge in [-0.25, -0.2) is 4.79 Å². The van der Waals surface area contributed by atoms with Crippen molar-refractivity contribution in [3.8, 4) is 17.2 Å². The number of methoxy groups -OCH3 is 2. The third kappa shape index (κ3) is 5.57. The van der Waals surface area contributed by atoms with Crippen molar-refractivity contribution in [3.63, 3.8) is 0 Å². The molecule has 31 heavy (non-hydrogen) atoms. The van der Waals surface area contributed by atoms with Crippen molar-refractivity contribution < 1.29 is 23.7 Å². The Kier molecular flexibility index (Phi) is 7.55. The average Bonchev–Trinajstić information content (AvgIpc) is 2.76. The van der Waals surface area contributed by atoms with Crippen LogP contribution in [0.4, 0.5) is 0 Å². The molecule has 0 aliphatic heterocycles. The standard InChI is InChI=1S/C24H29NO6/c1-15-11-23(27)31-24-16(2)20(8-6-19(15)24)30-14-18(26)13-25-10-9-17-5-7-21(28-3)22(12-17)29-4/h5-8,11-12,18,25-26H,9-10,13-14H2,1-4H3. The number of benzene rings is 2. The quantitative estimate of drug-likeness (QED) is 0.380. The molecule has 166 valence electrons. The summed E-state index contributed by atoms with van der Waals surface area (Å²) >= 11 is 0. The number of aliphatic hydroxyl groups excluding tert-OH is 1. The van der Waals surface area contributed by atoms with Crippen LogP contribution < -0.4 is 25.2 Å². The molecule has 0 spiro atoms. The van der Waals surface area contributed by atoms with Crippen molar-refractivity contribution in [2.45, 2.75) is 26.4 Å². The Bertz CT molecular complexity index is 1090. The minimum absolute atomic E-state index is 0.131. The lowest BCUT2D eigenvalue weighted by Gasteiger charge is -2.15. The van der Waals surface area contributed by atoms with Crippen molar-refractivity contribution in [2.24, 2.45) is 0 Å². The van der Waals surface area contributed by atoms with Gasteiger partial charge in [0.2, 0.25) is 0 Å². The fourth-order valence-electron chi connectivity index (χ4n) is 3.44. The number of hydrogen-bond acceptors (Lipinski definition) is 7. The van der Waals surface area contributed by atoms with Gasteiger partial charge in [-0.05, 0) is 62.2 Å². The molecule has 0 fully saturated rings. The molecule has 0 amide bonds. The maximum absolute atomic E-state index is 11.7. The van der Waals surface area contributed by atoms with Crippen LogP contribution in [0.25, 0.3) is 11.0 Å². The second-order valence-electron chi connectivity index (χ2n) is 7.42. The fraction of sp³-hybridized carbons (Fsp3) is 0.375. The zero-order valence-electron chi connectivity index (χ0n) is 18.4. The molecule has 0 bridgehead atoms. The fourth-order valence-corrected chi connectivity index (χ4v) is 3.44. The molecule has 7 heteroatoms. The predicted molar refractivity (Wildman–Crippen MR) is 120 cm³/mol. The Morgan fingerprint density at radius 1 is 1.03 bits per heavy atom. The Morgan fingerprint density at radius 3 is 2.52 bits per heavy atom. The van der Waals surface area contributed by atoms with Crippen LogP contribution in [-0.4, -0.2) is 45.1 Å². The highest BCUT2D eigenvalue weighted by atomic mass is 16.5. The Labute approximate surface area is 181 Å². The van der Waals surface area contributed by atoms with E-state index in [9.17, 15) is 9.90 Å². The number of ether oxygens (including phenoxy) is 3. The molecule has 3 rings (SSSR count). The number of fused-ring (bicyclic) bond motifs is 1. The highest BCUT2D eigenvalue weighted by Crippen LogP contribution is 2.29. The smallest absolute Gasteiger partial charge is 0.336 e. The van der Waals surface area contributed by atoms with Gasteiger partial charge in [-0.15, -0.1) is 0 Å². The molecule has 7 nitrogen and oxygen atoms in total. The van der Waals surface area contributed by atoms with E-state index in [0.29, 0.717) is 35.9 Å². The van der Waals surface area contributed by atoms with Gasteiger partial charge < -0.3 is 29.1 Å². The molecule has 0 aliphatic carbocycles. The van der Waals surface area contributed by atoms with Crippen LogP contribution in [0, 0.1) is 13.8 Å². The van der Waals surface area contributed by atoms with E-state index in [1.165, 1.54) is 6.07 Å². The lowest BCUT2D eigenvalue weighted by molar-refractivity contribution is 0.106. The molecule has 3 aromatic rings.